The molecule has 1 heterocycles. The fourth-order valence-corrected chi connectivity index (χ4v) is 2.90. The Labute approximate surface area is 74.7 Å². The summed E-state index contributed by atoms with van der Waals surface area (Å²) in [6.07, 6.45) is 0. The van der Waals surface area contributed by atoms with Gasteiger partial charge in [-0.2, -0.15) is 0 Å². The van der Waals surface area contributed by atoms with Crippen molar-refractivity contribution >= 4 is 8.80 Å². The quantitative estimate of drug-likeness (QED) is 0.613. The maximum Gasteiger partial charge on any atom is 0.528 e. The highest BCUT2D eigenvalue weighted by molar-refractivity contribution is 6.66. The first-order valence-electron chi connectivity index (χ1n) is 4.00. The van der Waals surface area contributed by atoms with Crippen molar-refractivity contribution in [2.24, 2.45) is 5.41 Å². The van der Waals surface area contributed by atoms with Crippen LogP contribution in [0.3, 0.4) is 0 Å². The fraction of sp³-hybridized carbons (Fsp3) is 0.750. The van der Waals surface area contributed by atoms with Crippen LogP contribution in [0.25, 0.3) is 0 Å². The van der Waals surface area contributed by atoms with E-state index in [9.17, 15) is 0 Å². The minimum absolute atomic E-state index is 0.0953. The minimum Gasteiger partial charge on any atom is -0.374 e. The molecule has 0 aromatic heterocycles. The lowest BCUT2D eigenvalue weighted by atomic mass is 9.97. The van der Waals surface area contributed by atoms with E-state index in [1.807, 2.05) is 0 Å². The molecular formula is C8H16O3Si. The van der Waals surface area contributed by atoms with Crippen LogP contribution in [-0.4, -0.2) is 29.1 Å². The Bertz CT molecular complexity index is 169. The van der Waals surface area contributed by atoms with Crippen LogP contribution in [0.15, 0.2) is 12.3 Å². The summed E-state index contributed by atoms with van der Waals surface area (Å²) in [5.74, 6) is 0. The van der Waals surface area contributed by atoms with E-state index in [0.717, 1.165) is 0 Å². The van der Waals surface area contributed by atoms with E-state index < -0.39 is 8.80 Å². The molecule has 1 fully saturated rings. The molecule has 1 saturated heterocycles. The Kier molecular flexibility index (Phi) is 2.73. The molecule has 1 aliphatic heterocycles. The van der Waals surface area contributed by atoms with Crippen molar-refractivity contribution in [3.05, 3.63) is 12.3 Å². The molecule has 4 heteroatoms. The van der Waals surface area contributed by atoms with Crippen LogP contribution in [0, 0.1) is 5.41 Å². The zero-order chi connectivity index (χ0) is 9.24. The van der Waals surface area contributed by atoms with E-state index >= 15 is 0 Å². The summed E-state index contributed by atoms with van der Waals surface area (Å²) in [5.41, 5.74) is 1.76. The SMILES string of the molecule is C=C[Si]1(OC)OCC(C)(C)CO1. The molecule has 70 valence electrons. The second kappa shape index (κ2) is 3.30. The third-order valence-electron chi connectivity index (χ3n) is 1.86. The standard InChI is InChI=1S/C8H16O3Si/c1-5-12(9-4)10-6-8(2,3)7-11-12/h5H,1,6-7H2,2-4H3. The normalized spacial score (nSPS) is 26.6. The van der Waals surface area contributed by atoms with Gasteiger partial charge in [-0.15, -0.1) is 0 Å². The van der Waals surface area contributed by atoms with Crippen molar-refractivity contribution in [1.29, 1.82) is 0 Å². The monoisotopic (exact) mass is 188 g/mol. The number of rotatable bonds is 2. The van der Waals surface area contributed by atoms with Gasteiger partial charge in [0.05, 0.1) is 0 Å². The molecule has 0 aromatic carbocycles. The van der Waals surface area contributed by atoms with Gasteiger partial charge in [-0.1, -0.05) is 20.4 Å². The molecule has 0 aliphatic carbocycles. The summed E-state index contributed by atoms with van der Waals surface area (Å²) in [4.78, 5) is 0. The molecule has 0 bridgehead atoms. The van der Waals surface area contributed by atoms with Crippen molar-refractivity contribution in [1.82, 2.24) is 0 Å². The van der Waals surface area contributed by atoms with Crippen molar-refractivity contribution in [2.45, 2.75) is 13.8 Å². The van der Waals surface area contributed by atoms with Crippen LogP contribution in [0.2, 0.25) is 0 Å². The molecule has 12 heavy (non-hydrogen) atoms. The highest BCUT2D eigenvalue weighted by atomic mass is 28.4. The van der Waals surface area contributed by atoms with Crippen molar-refractivity contribution < 1.29 is 13.3 Å². The van der Waals surface area contributed by atoms with Gasteiger partial charge in [-0.25, -0.2) is 0 Å². The van der Waals surface area contributed by atoms with Crippen LogP contribution >= 0.6 is 0 Å². The second-order valence-electron chi connectivity index (χ2n) is 3.75. The molecule has 0 amide bonds. The molecule has 0 aromatic rings. The summed E-state index contributed by atoms with van der Waals surface area (Å²) < 4.78 is 16.3. The van der Waals surface area contributed by atoms with Gasteiger partial charge in [0, 0.05) is 25.7 Å². The van der Waals surface area contributed by atoms with Gasteiger partial charge in [-0.3, -0.25) is 0 Å². The molecule has 1 rings (SSSR count). The zero-order valence-electron chi connectivity index (χ0n) is 7.92. The Balaban J connectivity index is 2.59. The van der Waals surface area contributed by atoms with Gasteiger partial charge >= 0.3 is 8.80 Å². The third kappa shape index (κ3) is 1.95. The van der Waals surface area contributed by atoms with Crippen LogP contribution in [0.4, 0.5) is 0 Å². The lowest BCUT2D eigenvalue weighted by Gasteiger charge is -2.38. The van der Waals surface area contributed by atoms with E-state index in [4.69, 9.17) is 13.3 Å². The van der Waals surface area contributed by atoms with Gasteiger partial charge in [0.25, 0.3) is 0 Å². The predicted molar refractivity (Wildman–Crippen MR) is 48.6 cm³/mol. The average molecular weight is 188 g/mol. The van der Waals surface area contributed by atoms with E-state index in [1.165, 1.54) is 0 Å². The lowest BCUT2D eigenvalue weighted by Crippen LogP contribution is -2.52. The highest BCUT2D eigenvalue weighted by Crippen LogP contribution is 2.27. The van der Waals surface area contributed by atoms with Crippen LogP contribution < -0.4 is 0 Å². The predicted octanol–water partition coefficient (Wildman–Crippen LogP) is 1.37. The largest absolute Gasteiger partial charge is 0.528 e. The summed E-state index contributed by atoms with van der Waals surface area (Å²) >= 11 is 0. The summed E-state index contributed by atoms with van der Waals surface area (Å²) in [6, 6.07) is 0. The highest BCUT2D eigenvalue weighted by Gasteiger charge is 2.44. The third-order valence-corrected chi connectivity index (χ3v) is 4.03. The molecular weight excluding hydrogens is 172 g/mol. The first-order valence-corrected chi connectivity index (χ1v) is 5.80. The van der Waals surface area contributed by atoms with Crippen molar-refractivity contribution in [2.75, 3.05) is 20.3 Å². The maximum atomic E-state index is 5.56. The van der Waals surface area contributed by atoms with E-state index in [-0.39, 0.29) is 5.41 Å². The van der Waals surface area contributed by atoms with Crippen LogP contribution in [0.5, 0.6) is 0 Å². The molecule has 0 N–H and O–H groups in total. The topological polar surface area (TPSA) is 27.7 Å². The maximum absolute atomic E-state index is 5.56. The first-order chi connectivity index (χ1) is 5.54. The second-order valence-corrected chi connectivity index (χ2v) is 6.35. The Morgan fingerprint density at radius 1 is 1.42 bits per heavy atom. The molecule has 1 aliphatic rings. The summed E-state index contributed by atoms with van der Waals surface area (Å²) in [7, 11) is -0.852. The van der Waals surface area contributed by atoms with Gasteiger partial charge in [-0.05, 0) is 5.70 Å². The van der Waals surface area contributed by atoms with Crippen LogP contribution in [-0.2, 0) is 13.3 Å². The molecule has 0 spiro atoms. The van der Waals surface area contributed by atoms with Crippen LogP contribution in [0.1, 0.15) is 13.8 Å². The average Bonchev–Trinajstić information content (AvgIpc) is 2.06. The Morgan fingerprint density at radius 2 is 1.92 bits per heavy atom. The van der Waals surface area contributed by atoms with E-state index in [1.54, 1.807) is 12.8 Å². The van der Waals surface area contributed by atoms with Gasteiger partial charge < -0.3 is 13.3 Å². The first kappa shape index (κ1) is 9.92. The van der Waals surface area contributed by atoms with Crippen molar-refractivity contribution in [3.8, 4) is 0 Å². The fourth-order valence-electron chi connectivity index (χ4n) is 0.994. The van der Waals surface area contributed by atoms with Gasteiger partial charge in [0.15, 0.2) is 0 Å². The summed E-state index contributed by atoms with van der Waals surface area (Å²) in [6.45, 7) is 9.22. The Morgan fingerprint density at radius 3 is 2.25 bits per heavy atom. The molecule has 0 radical (unpaired) electrons. The smallest absolute Gasteiger partial charge is 0.374 e. The Hall–Kier alpha value is -0.163. The zero-order valence-corrected chi connectivity index (χ0v) is 8.92. The number of hydrogen-bond acceptors (Lipinski definition) is 3. The van der Waals surface area contributed by atoms with Crippen molar-refractivity contribution in [3.63, 3.8) is 0 Å². The molecule has 3 nitrogen and oxygen atoms in total. The molecule has 0 unspecified atom stereocenters. The van der Waals surface area contributed by atoms with Gasteiger partial charge in [0.2, 0.25) is 0 Å². The van der Waals surface area contributed by atoms with E-state index in [0.29, 0.717) is 13.2 Å². The number of hydrogen-bond donors (Lipinski definition) is 0. The molecule has 0 atom stereocenters. The molecule has 0 saturated carbocycles. The minimum atomic E-state index is -2.46. The van der Waals surface area contributed by atoms with Gasteiger partial charge in [0.1, 0.15) is 0 Å². The lowest BCUT2D eigenvalue weighted by molar-refractivity contribution is -0.0264. The van der Waals surface area contributed by atoms with E-state index in [2.05, 4.69) is 20.4 Å². The summed E-state index contributed by atoms with van der Waals surface area (Å²) in [5, 5.41) is 0.